The van der Waals surface area contributed by atoms with Crippen LogP contribution in [0.4, 0.5) is 11.5 Å². The number of likely N-dealkylation sites (tertiary alicyclic amines) is 1. The summed E-state index contributed by atoms with van der Waals surface area (Å²) < 4.78 is 0. The van der Waals surface area contributed by atoms with Gasteiger partial charge >= 0.3 is 0 Å². The van der Waals surface area contributed by atoms with Gasteiger partial charge in [0.25, 0.3) is 0 Å². The van der Waals surface area contributed by atoms with E-state index in [1.165, 1.54) is 0 Å². The molecule has 0 aliphatic carbocycles. The van der Waals surface area contributed by atoms with Gasteiger partial charge in [-0.15, -0.1) is 21.5 Å². The fourth-order valence-electron chi connectivity index (χ4n) is 7.45. The third kappa shape index (κ3) is 10.2. The fourth-order valence-corrected chi connectivity index (χ4v) is 8.26. The molecule has 0 spiro atoms. The number of nitrogen functional groups attached to an aromatic ring is 1. The number of piperidine rings is 1. The van der Waals surface area contributed by atoms with Crippen LogP contribution in [0, 0.1) is 12.3 Å². The SMILES string of the molecule is Cc1ncsc1-c1ccc(CNC(=O)[C@@H]2CCCN2C(=O)[C@@H](NC(=O)CCCC(=O)NC2CCN(c3cc(-c4ccccc4O)nnc3N)CC2)C(C)(C)C)cc1. The van der Waals surface area contributed by atoms with Crippen molar-refractivity contribution in [3.05, 3.63) is 71.4 Å². The molecule has 2 aromatic carbocycles. The molecule has 6 rings (SSSR count). The van der Waals surface area contributed by atoms with Crippen LogP contribution in [0.1, 0.15) is 77.0 Å². The molecule has 6 N–H and O–H groups in total. The zero-order valence-corrected chi connectivity index (χ0v) is 33.9. The summed E-state index contributed by atoms with van der Waals surface area (Å²) in [5.74, 6) is -0.524. The predicted octanol–water partition coefficient (Wildman–Crippen LogP) is 4.96. The van der Waals surface area contributed by atoms with E-state index < -0.39 is 17.5 Å². The highest BCUT2D eigenvalue weighted by atomic mass is 32.1. The van der Waals surface area contributed by atoms with Crippen molar-refractivity contribution in [3.63, 3.8) is 0 Å². The Bertz CT molecular complexity index is 2060. The normalized spacial score (nSPS) is 16.6. The lowest BCUT2D eigenvalue weighted by atomic mass is 9.85. The van der Waals surface area contributed by atoms with Gasteiger partial charge in [-0.05, 0) is 73.8 Å². The van der Waals surface area contributed by atoms with E-state index in [-0.39, 0.29) is 48.3 Å². The number of benzene rings is 2. The van der Waals surface area contributed by atoms with Gasteiger partial charge in [0, 0.05) is 50.6 Å². The predicted molar refractivity (Wildman–Crippen MR) is 221 cm³/mol. The van der Waals surface area contributed by atoms with Crippen LogP contribution in [-0.4, -0.2) is 86.6 Å². The summed E-state index contributed by atoms with van der Waals surface area (Å²) in [4.78, 5) is 62.6. The number of phenols is 1. The van der Waals surface area contributed by atoms with Gasteiger partial charge in [-0.2, -0.15) is 0 Å². The van der Waals surface area contributed by atoms with Crippen molar-refractivity contribution < 1.29 is 24.3 Å². The van der Waals surface area contributed by atoms with E-state index in [1.807, 2.05) is 69.6 Å². The fraction of sp³-hybridized carbons (Fsp3) is 0.452. The number of aryl methyl sites for hydroxylation is 1. The number of carbonyl (C=O) groups is 4. The molecule has 0 unspecified atom stereocenters. The minimum Gasteiger partial charge on any atom is -0.507 e. The summed E-state index contributed by atoms with van der Waals surface area (Å²) in [6.45, 7) is 9.73. The van der Waals surface area contributed by atoms with Gasteiger partial charge in [-0.1, -0.05) is 57.2 Å². The van der Waals surface area contributed by atoms with E-state index >= 15 is 0 Å². The molecule has 14 nitrogen and oxygen atoms in total. The van der Waals surface area contributed by atoms with Crippen LogP contribution < -0.4 is 26.6 Å². The highest BCUT2D eigenvalue weighted by Crippen LogP contribution is 2.33. The van der Waals surface area contributed by atoms with Crippen molar-refractivity contribution in [1.29, 1.82) is 0 Å². The van der Waals surface area contributed by atoms with Crippen molar-refractivity contribution in [2.45, 2.75) is 97.3 Å². The van der Waals surface area contributed by atoms with Crippen molar-refractivity contribution in [3.8, 4) is 27.4 Å². The second kappa shape index (κ2) is 18.1. The molecule has 2 aromatic heterocycles. The minimum absolute atomic E-state index is 0.0243. The minimum atomic E-state index is -0.834. The molecule has 0 bridgehead atoms. The van der Waals surface area contributed by atoms with E-state index in [1.54, 1.807) is 34.4 Å². The maximum Gasteiger partial charge on any atom is 0.246 e. The Morgan fingerprint density at radius 3 is 2.37 bits per heavy atom. The van der Waals surface area contributed by atoms with Gasteiger partial charge < -0.3 is 36.6 Å². The number of hydrogen-bond donors (Lipinski definition) is 5. The zero-order chi connectivity index (χ0) is 40.7. The Kier molecular flexibility index (Phi) is 13.1. The first-order valence-electron chi connectivity index (χ1n) is 19.6. The van der Waals surface area contributed by atoms with E-state index in [0.717, 1.165) is 27.4 Å². The number of thiazole rings is 1. The van der Waals surface area contributed by atoms with Crippen LogP contribution in [0.25, 0.3) is 21.7 Å². The molecule has 2 aliphatic heterocycles. The highest BCUT2D eigenvalue weighted by Gasteiger charge is 2.41. The topological polar surface area (TPSA) is 196 Å². The average molecular weight is 796 g/mol. The van der Waals surface area contributed by atoms with Crippen molar-refractivity contribution in [2.75, 3.05) is 30.3 Å². The maximum absolute atomic E-state index is 14.0. The molecule has 302 valence electrons. The van der Waals surface area contributed by atoms with Gasteiger partial charge in [0.05, 0.1) is 27.5 Å². The lowest BCUT2D eigenvalue weighted by Gasteiger charge is -2.35. The van der Waals surface area contributed by atoms with Crippen LogP contribution in [0.5, 0.6) is 5.75 Å². The molecule has 0 saturated carbocycles. The molecular weight excluding hydrogens is 743 g/mol. The van der Waals surface area contributed by atoms with Crippen LogP contribution in [0.2, 0.25) is 0 Å². The van der Waals surface area contributed by atoms with Gasteiger partial charge in [0.1, 0.15) is 17.8 Å². The number of nitrogens with one attached hydrogen (secondary N) is 3. The molecule has 0 radical (unpaired) electrons. The number of anilines is 2. The molecule has 15 heteroatoms. The Balaban J connectivity index is 0.941. The molecule has 2 saturated heterocycles. The number of rotatable bonds is 13. The standard InChI is InChI=1S/C42H53N9O5S/c1-26-37(57-25-45-26)28-16-14-27(15-17-28)24-44-40(55)32-10-8-20-51(32)41(56)38(42(2,3)4)47-36(54)13-7-12-35(53)46-29-18-21-50(22-19-29)33-23-31(48-49-39(33)43)30-9-5-6-11-34(30)52/h5-6,9,11,14-17,23,25,29,32,38,52H,7-8,10,12-13,18-22,24H2,1-4H3,(H2,43,49)(H,44,55)(H,46,53)(H,47,54)/t32-,38+/m0/s1. The zero-order valence-electron chi connectivity index (χ0n) is 33.1. The maximum atomic E-state index is 14.0. The van der Waals surface area contributed by atoms with Crippen LogP contribution in [-0.2, 0) is 25.7 Å². The van der Waals surface area contributed by atoms with Crippen LogP contribution in [0.15, 0.2) is 60.1 Å². The molecule has 4 heterocycles. The van der Waals surface area contributed by atoms with E-state index in [2.05, 4.69) is 36.0 Å². The molecule has 2 aliphatic rings. The second-order valence-corrected chi connectivity index (χ2v) is 16.8. The first-order chi connectivity index (χ1) is 27.3. The Morgan fingerprint density at radius 1 is 0.965 bits per heavy atom. The lowest BCUT2D eigenvalue weighted by Crippen LogP contribution is -2.57. The number of aromatic hydroxyl groups is 1. The van der Waals surface area contributed by atoms with Gasteiger partial charge in [-0.25, -0.2) is 4.98 Å². The number of hydrogen-bond acceptors (Lipinski definition) is 11. The summed E-state index contributed by atoms with van der Waals surface area (Å²) in [5, 5.41) is 27.6. The molecule has 4 aromatic rings. The monoisotopic (exact) mass is 795 g/mol. The Hall–Kier alpha value is -5.57. The first kappa shape index (κ1) is 41.1. The number of para-hydroxylation sites is 1. The third-order valence-electron chi connectivity index (χ3n) is 10.7. The Labute approximate surface area is 337 Å². The van der Waals surface area contributed by atoms with Gasteiger partial charge in [-0.3, -0.25) is 19.2 Å². The summed E-state index contributed by atoms with van der Waals surface area (Å²) in [6, 6.07) is 15.3. The average Bonchev–Trinajstić information content (AvgIpc) is 3.86. The molecule has 2 atom stereocenters. The highest BCUT2D eigenvalue weighted by molar-refractivity contribution is 7.13. The van der Waals surface area contributed by atoms with Crippen LogP contribution in [0.3, 0.4) is 0 Å². The summed E-state index contributed by atoms with van der Waals surface area (Å²) in [6.07, 6.45) is 3.24. The number of nitrogens with zero attached hydrogens (tertiary/aromatic N) is 5. The quantitative estimate of drug-likeness (QED) is 0.124. The largest absolute Gasteiger partial charge is 0.507 e. The molecule has 2 fully saturated rings. The molecule has 57 heavy (non-hydrogen) atoms. The van der Waals surface area contributed by atoms with Gasteiger partial charge in [0.2, 0.25) is 23.6 Å². The summed E-state index contributed by atoms with van der Waals surface area (Å²) >= 11 is 1.59. The third-order valence-corrected chi connectivity index (χ3v) is 11.7. The summed E-state index contributed by atoms with van der Waals surface area (Å²) in [5.41, 5.74) is 12.2. The Morgan fingerprint density at radius 2 is 1.68 bits per heavy atom. The first-order valence-corrected chi connectivity index (χ1v) is 20.5. The number of amides is 4. The van der Waals surface area contributed by atoms with Crippen molar-refractivity contribution >= 4 is 46.5 Å². The number of phenolic OH excluding ortho intramolecular Hbond substituents is 1. The van der Waals surface area contributed by atoms with E-state index in [9.17, 15) is 24.3 Å². The smallest absolute Gasteiger partial charge is 0.246 e. The van der Waals surface area contributed by atoms with E-state index in [4.69, 9.17) is 5.73 Å². The molecular formula is C42H53N9O5S. The lowest BCUT2D eigenvalue weighted by molar-refractivity contribution is -0.144. The van der Waals surface area contributed by atoms with Crippen molar-refractivity contribution in [1.82, 2.24) is 36.0 Å². The van der Waals surface area contributed by atoms with Gasteiger partial charge in [0.15, 0.2) is 5.82 Å². The molecule has 4 amide bonds. The summed E-state index contributed by atoms with van der Waals surface area (Å²) in [7, 11) is 0. The second-order valence-electron chi connectivity index (χ2n) is 15.9. The number of aromatic nitrogens is 3. The number of nitrogens with two attached hydrogens (primary N) is 1. The van der Waals surface area contributed by atoms with Crippen molar-refractivity contribution in [2.24, 2.45) is 5.41 Å². The van der Waals surface area contributed by atoms with E-state index in [0.29, 0.717) is 75.4 Å². The van der Waals surface area contributed by atoms with Crippen LogP contribution >= 0.6 is 11.3 Å². The number of carbonyl (C=O) groups excluding carboxylic acids is 4.